The maximum atomic E-state index is 13.0. The van der Waals surface area contributed by atoms with Gasteiger partial charge in [-0.2, -0.15) is 4.98 Å². The topological polar surface area (TPSA) is 130 Å². The SMILES string of the molecule is NCC(C=O)Oc1cc(C(N)=O)nc(-c2ccc(Oc3ccc(F)cc3)cc2)n1. The maximum Gasteiger partial charge on any atom is 0.267 e. The highest BCUT2D eigenvalue weighted by atomic mass is 19.1. The minimum atomic E-state index is -0.912. The first-order valence-electron chi connectivity index (χ1n) is 8.53. The van der Waals surface area contributed by atoms with Gasteiger partial charge in [-0.3, -0.25) is 9.59 Å². The van der Waals surface area contributed by atoms with Gasteiger partial charge in [0.25, 0.3) is 5.91 Å². The van der Waals surface area contributed by atoms with E-state index >= 15 is 0 Å². The predicted molar refractivity (Wildman–Crippen MR) is 102 cm³/mol. The number of hydrogen-bond donors (Lipinski definition) is 2. The summed E-state index contributed by atoms with van der Waals surface area (Å²) in [6, 6.07) is 13.5. The fraction of sp³-hybridized carbons (Fsp3) is 0.100. The number of aldehydes is 1. The third-order valence-electron chi connectivity index (χ3n) is 3.77. The van der Waals surface area contributed by atoms with E-state index in [1.165, 1.54) is 30.3 Å². The molecule has 1 aromatic heterocycles. The molecule has 3 aromatic rings. The van der Waals surface area contributed by atoms with Gasteiger partial charge in [-0.15, -0.1) is 0 Å². The minimum absolute atomic E-state index is 0.00186. The Morgan fingerprint density at radius 1 is 1.07 bits per heavy atom. The van der Waals surface area contributed by atoms with Gasteiger partial charge in [-0.1, -0.05) is 0 Å². The van der Waals surface area contributed by atoms with E-state index < -0.39 is 12.0 Å². The molecule has 0 bridgehead atoms. The molecule has 1 unspecified atom stereocenters. The number of primary amides is 1. The van der Waals surface area contributed by atoms with E-state index in [0.717, 1.165) is 0 Å². The van der Waals surface area contributed by atoms with Crippen molar-refractivity contribution in [2.45, 2.75) is 6.10 Å². The van der Waals surface area contributed by atoms with E-state index in [0.29, 0.717) is 23.3 Å². The van der Waals surface area contributed by atoms with Crippen LogP contribution < -0.4 is 20.9 Å². The summed E-state index contributed by atoms with van der Waals surface area (Å²) in [6.45, 7) is -0.0514. The van der Waals surface area contributed by atoms with Crippen LogP contribution >= 0.6 is 0 Å². The molecule has 29 heavy (non-hydrogen) atoms. The minimum Gasteiger partial charge on any atom is -0.465 e. The largest absolute Gasteiger partial charge is 0.465 e. The van der Waals surface area contributed by atoms with Crippen molar-refractivity contribution in [1.82, 2.24) is 9.97 Å². The summed E-state index contributed by atoms with van der Waals surface area (Å²) in [5.74, 6) is 0.0219. The summed E-state index contributed by atoms with van der Waals surface area (Å²) in [4.78, 5) is 30.8. The zero-order valence-corrected chi connectivity index (χ0v) is 15.1. The number of ether oxygens (including phenoxy) is 2. The average Bonchev–Trinajstić information content (AvgIpc) is 2.74. The molecule has 0 fully saturated rings. The molecule has 0 radical (unpaired) electrons. The zero-order chi connectivity index (χ0) is 20.8. The van der Waals surface area contributed by atoms with Crippen LogP contribution in [-0.4, -0.2) is 34.8 Å². The van der Waals surface area contributed by atoms with Crippen molar-refractivity contribution in [2.24, 2.45) is 11.5 Å². The van der Waals surface area contributed by atoms with Crippen LogP contribution in [0.5, 0.6) is 17.4 Å². The summed E-state index contributed by atoms with van der Waals surface area (Å²) in [7, 11) is 0. The van der Waals surface area contributed by atoms with Gasteiger partial charge < -0.3 is 20.9 Å². The fourth-order valence-electron chi connectivity index (χ4n) is 2.34. The van der Waals surface area contributed by atoms with Crippen LogP contribution in [0.1, 0.15) is 10.5 Å². The summed E-state index contributed by atoms with van der Waals surface area (Å²) < 4.78 is 24.0. The monoisotopic (exact) mass is 396 g/mol. The van der Waals surface area contributed by atoms with Gasteiger partial charge in [-0.05, 0) is 48.5 Å². The molecule has 0 aliphatic rings. The lowest BCUT2D eigenvalue weighted by Crippen LogP contribution is -2.28. The predicted octanol–water partition coefficient (Wildman–Crippen LogP) is 2.08. The first-order chi connectivity index (χ1) is 14.0. The molecule has 0 spiro atoms. The van der Waals surface area contributed by atoms with Gasteiger partial charge in [0, 0.05) is 18.2 Å². The second-order valence-corrected chi connectivity index (χ2v) is 5.89. The Bertz CT molecular complexity index is 1010. The van der Waals surface area contributed by atoms with Gasteiger partial charge in [0.05, 0.1) is 0 Å². The molecule has 4 N–H and O–H groups in total. The van der Waals surface area contributed by atoms with Crippen molar-refractivity contribution < 1.29 is 23.5 Å². The smallest absolute Gasteiger partial charge is 0.267 e. The third kappa shape index (κ3) is 5.11. The molecule has 0 aliphatic heterocycles. The van der Waals surface area contributed by atoms with E-state index in [4.69, 9.17) is 20.9 Å². The lowest BCUT2D eigenvalue weighted by atomic mass is 10.2. The van der Waals surface area contributed by atoms with Crippen LogP contribution in [0.15, 0.2) is 54.6 Å². The van der Waals surface area contributed by atoms with Gasteiger partial charge >= 0.3 is 0 Å². The van der Waals surface area contributed by atoms with Crippen LogP contribution in [0.2, 0.25) is 0 Å². The Morgan fingerprint density at radius 2 is 1.69 bits per heavy atom. The number of nitrogens with zero attached hydrogens (tertiary/aromatic N) is 2. The quantitative estimate of drug-likeness (QED) is 0.557. The number of carbonyl (C=O) groups excluding carboxylic acids is 2. The molecule has 1 heterocycles. The second kappa shape index (κ2) is 8.89. The van der Waals surface area contributed by atoms with E-state index in [-0.39, 0.29) is 29.8 Å². The van der Waals surface area contributed by atoms with E-state index in [2.05, 4.69) is 9.97 Å². The number of hydrogen-bond acceptors (Lipinski definition) is 7. The highest BCUT2D eigenvalue weighted by molar-refractivity contribution is 5.91. The van der Waals surface area contributed by atoms with E-state index in [1.54, 1.807) is 24.3 Å². The van der Waals surface area contributed by atoms with Crippen molar-refractivity contribution in [3.63, 3.8) is 0 Å². The van der Waals surface area contributed by atoms with Crippen LogP contribution in [0, 0.1) is 5.82 Å². The second-order valence-electron chi connectivity index (χ2n) is 5.89. The van der Waals surface area contributed by atoms with Crippen molar-refractivity contribution in [1.29, 1.82) is 0 Å². The first-order valence-corrected chi connectivity index (χ1v) is 8.53. The normalized spacial score (nSPS) is 11.5. The van der Waals surface area contributed by atoms with Gasteiger partial charge in [0.2, 0.25) is 5.88 Å². The lowest BCUT2D eigenvalue weighted by Gasteiger charge is -2.12. The molecule has 148 valence electrons. The molecule has 0 saturated carbocycles. The first kappa shape index (κ1) is 19.9. The van der Waals surface area contributed by atoms with Crippen LogP contribution in [-0.2, 0) is 4.79 Å². The molecule has 1 atom stereocenters. The molecular formula is C20H17FN4O4. The average molecular weight is 396 g/mol. The Kier molecular flexibility index (Phi) is 6.10. The lowest BCUT2D eigenvalue weighted by molar-refractivity contribution is -0.113. The van der Waals surface area contributed by atoms with Crippen LogP contribution in [0.3, 0.4) is 0 Å². The molecule has 0 aliphatic carbocycles. The Balaban J connectivity index is 1.86. The molecule has 3 rings (SSSR count). The standard InChI is InChI=1S/C20H17FN4O4/c21-13-3-7-15(8-4-13)28-14-5-1-12(2-6-14)20-24-17(19(23)27)9-18(25-20)29-16(10-22)11-26/h1-9,11,16H,10,22H2,(H2,23,27). The number of aromatic nitrogens is 2. The number of carbonyl (C=O) groups is 2. The van der Waals surface area contributed by atoms with Crippen molar-refractivity contribution in [3.8, 4) is 28.8 Å². The number of rotatable bonds is 8. The maximum absolute atomic E-state index is 13.0. The van der Waals surface area contributed by atoms with Crippen molar-refractivity contribution >= 4 is 12.2 Å². The number of amides is 1. The van der Waals surface area contributed by atoms with E-state index in [1.807, 2.05) is 0 Å². The molecule has 9 heteroatoms. The van der Waals surface area contributed by atoms with Crippen molar-refractivity contribution in [3.05, 3.63) is 66.1 Å². The van der Waals surface area contributed by atoms with Gasteiger partial charge in [-0.25, -0.2) is 9.37 Å². The summed E-state index contributed by atoms with van der Waals surface area (Å²) in [5, 5.41) is 0. The molecule has 8 nitrogen and oxygen atoms in total. The number of halogens is 1. The Hall–Kier alpha value is -3.85. The zero-order valence-electron chi connectivity index (χ0n) is 15.1. The van der Waals surface area contributed by atoms with Gasteiger partial charge in [0.1, 0.15) is 23.0 Å². The summed E-state index contributed by atoms with van der Waals surface area (Å²) in [5.41, 5.74) is 11.2. The third-order valence-corrected chi connectivity index (χ3v) is 3.77. The Morgan fingerprint density at radius 3 is 2.24 bits per heavy atom. The van der Waals surface area contributed by atoms with Crippen molar-refractivity contribution in [2.75, 3.05) is 6.54 Å². The molecule has 2 aromatic carbocycles. The summed E-state index contributed by atoms with van der Waals surface area (Å²) in [6.07, 6.45) is -0.377. The van der Waals surface area contributed by atoms with E-state index in [9.17, 15) is 14.0 Å². The molecular weight excluding hydrogens is 379 g/mol. The molecule has 0 saturated heterocycles. The highest BCUT2D eigenvalue weighted by Crippen LogP contribution is 2.26. The van der Waals surface area contributed by atoms with Crippen LogP contribution in [0.4, 0.5) is 4.39 Å². The Labute approximate surface area is 165 Å². The number of benzene rings is 2. The molecule has 1 amide bonds. The summed E-state index contributed by atoms with van der Waals surface area (Å²) >= 11 is 0. The number of nitrogens with two attached hydrogens (primary N) is 2. The highest BCUT2D eigenvalue weighted by Gasteiger charge is 2.15. The van der Waals surface area contributed by atoms with Crippen LogP contribution in [0.25, 0.3) is 11.4 Å². The van der Waals surface area contributed by atoms with Gasteiger partial charge in [0.15, 0.2) is 18.2 Å². The fourth-order valence-corrected chi connectivity index (χ4v) is 2.34.